The number of para-hydroxylation sites is 1. The Morgan fingerprint density at radius 1 is 1.25 bits per heavy atom. The summed E-state index contributed by atoms with van der Waals surface area (Å²) in [5, 5.41) is 7.03. The van der Waals surface area contributed by atoms with Crippen LogP contribution in [0.2, 0.25) is 0 Å². The molecule has 32 heavy (non-hydrogen) atoms. The maximum absolute atomic E-state index is 13.1. The average Bonchev–Trinajstić information content (AvgIpc) is 3.04. The molecule has 1 fully saturated rings. The molecule has 0 bridgehead atoms. The van der Waals surface area contributed by atoms with E-state index in [4.69, 9.17) is 14.0 Å². The minimum atomic E-state index is -0.565. The average molecular weight is 444 g/mol. The highest BCUT2D eigenvalue weighted by Gasteiger charge is 2.34. The van der Waals surface area contributed by atoms with Crippen LogP contribution in [0.4, 0.5) is 4.79 Å². The topological polar surface area (TPSA) is 93.9 Å². The number of hydrogen-bond acceptors (Lipinski definition) is 6. The van der Waals surface area contributed by atoms with E-state index in [2.05, 4.69) is 10.5 Å². The maximum Gasteiger partial charge on any atom is 0.410 e. The molecule has 0 radical (unpaired) electrons. The van der Waals surface area contributed by atoms with E-state index in [-0.39, 0.29) is 30.7 Å². The van der Waals surface area contributed by atoms with Crippen LogP contribution in [0.1, 0.15) is 67.9 Å². The molecule has 1 aromatic heterocycles. The van der Waals surface area contributed by atoms with Gasteiger partial charge in [0.05, 0.1) is 22.9 Å². The van der Waals surface area contributed by atoms with Crippen molar-refractivity contribution in [3.63, 3.8) is 0 Å². The number of carbonyl (C=O) groups excluding carboxylic acids is 2. The lowest BCUT2D eigenvalue weighted by Gasteiger charge is -2.40. The van der Waals surface area contributed by atoms with Gasteiger partial charge in [-0.1, -0.05) is 17.3 Å². The summed E-state index contributed by atoms with van der Waals surface area (Å²) in [6, 6.07) is 6.76. The zero-order chi connectivity index (χ0) is 23.5. The largest absolute Gasteiger partial charge is 0.488 e. The van der Waals surface area contributed by atoms with Crippen molar-refractivity contribution in [3.8, 4) is 5.75 Å². The number of amides is 2. The minimum Gasteiger partial charge on any atom is -0.488 e. The lowest BCUT2D eigenvalue weighted by Crippen LogP contribution is -2.56. The van der Waals surface area contributed by atoms with Crippen molar-refractivity contribution < 1.29 is 23.6 Å². The normalized spacial score (nSPS) is 18.9. The molecule has 3 rings (SSSR count). The van der Waals surface area contributed by atoms with Crippen LogP contribution in [0.15, 0.2) is 28.8 Å². The molecule has 1 N–H and O–H groups in total. The molecule has 2 amide bonds. The third kappa shape index (κ3) is 5.60. The number of hydrogen-bond donors (Lipinski definition) is 1. The molecule has 0 spiro atoms. The molecular formula is C24H33N3O5. The SMILES string of the molecule is Cc1noc(C)c1COc1ccccc1C(=O)NC1CCCN(C(=O)OC(C)(C)C)C1C. The van der Waals surface area contributed by atoms with Crippen molar-refractivity contribution in [3.05, 3.63) is 46.8 Å². The molecule has 2 unspecified atom stereocenters. The molecule has 1 saturated heterocycles. The molecule has 2 atom stereocenters. The summed E-state index contributed by atoms with van der Waals surface area (Å²) < 4.78 is 16.7. The Labute approximate surface area is 189 Å². The molecule has 1 aliphatic rings. The highest BCUT2D eigenvalue weighted by Crippen LogP contribution is 2.24. The first kappa shape index (κ1) is 23.6. The van der Waals surface area contributed by atoms with Gasteiger partial charge in [0.25, 0.3) is 5.91 Å². The molecule has 8 nitrogen and oxygen atoms in total. The first-order valence-corrected chi connectivity index (χ1v) is 11.0. The number of piperidine rings is 1. The van der Waals surface area contributed by atoms with Gasteiger partial charge in [0, 0.05) is 12.6 Å². The van der Waals surface area contributed by atoms with Crippen molar-refractivity contribution in [1.29, 1.82) is 0 Å². The van der Waals surface area contributed by atoms with Gasteiger partial charge in [0.15, 0.2) is 0 Å². The van der Waals surface area contributed by atoms with Gasteiger partial charge in [-0.05, 0) is 66.5 Å². The zero-order valence-electron chi connectivity index (χ0n) is 19.7. The molecule has 1 aromatic carbocycles. The predicted octanol–water partition coefficient (Wildman–Crippen LogP) is 4.39. The van der Waals surface area contributed by atoms with E-state index in [1.165, 1.54) is 0 Å². The van der Waals surface area contributed by atoms with Gasteiger partial charge in [-0.15, -0.1) is 0 Å². The van der Waals surface area contributed by atoms with Gasteiger partial charge in [0.2, 0.25) is 0 Å². The second-order valence-corrected chi connectivity index (χ2v) is 9.22. The quantitative estimate of drug-likeness (QED) is 0.737. The highest BCUT2D eigenvalue weighted by molar-refractivity contribution is 5.97. The van der Waals surface area contributed by atoms with Crippen molar-refractivity contribution in [1.82, 2.24) is 15.4 Å². The van der Waals surface area contributed by atoms with E-state index in [0.29, 0.717) is 23.6 Å². The predicted molar refractivity (Wildman–Crippen MR) is 120 cm³/mol. The number of benzene rings is 1. The van der Waals surface area contributed by atoms with Crippen LogP contribution >= 0.6 is 0 Å². The number of rotatable bonds is 5. The van der Waals surface area contributed by atoms with Crippen LogP contribution < -0.4 is 10.1 Å². The zero-order valence-corrected chi connectivity index (χ0v) is 19.7. The summed E-state index contributed by atoms with van der Waals surface area (Å²) in [4.78, 5) is 27.4. The summed E-state index contributed by atoms with van der Waals surface area (Å²) in [6.45, 7) is 12.0. The van der Waals surface area contributed by atoms with E-state index in [9.17, 15) is 9.59 Å². The number of carbonyl (C=O) groups is 2. The molecule has 0 aliphatic carbocycles. The van der Waals surface area contributed by atoms with E-state index in [1.807, 2.05) is 47.6 Å². The number of aromatic nitrogens is 1. The minimum absolute atomic E-state index is 0.181. The van der Waals surface area contributed by atoms with E-state index >= 15 is 0 Å². The van der Waals surface area contributed by atoms with Crippen LogP contribution in [0.5, 0.6) is 5.75 Å². The van der Waals surface area contributed by atoms with Crippen LogP contribution in [0.3, 0.4) is 0 Å². The number of nitrogens with zero attached hydrogens (tertiary/aromatic N) is 2. The fraction of sp³-hybridized carbons (Fsp3) is 0.542. The first-order valence-electron chi connectivity index (χ1n) is 11.0. The Morgan fingerprint density at radius 2 is 1.97 bits per heavy atom. The van der Waals surface area contributed by atoms with Crippen LogP contribution in [-0.2, 0) is 11.3 Å². The smallest absolute Gasteiger partial charge is 0.410 e. The van der Waals surface area contributed by atoms with Gasteiger partial charge < -0.3 is 24.2 Å². The van der Waals surface area contributed by atoms with Crippen molar-refractivity contribution in [2.75, 3.05) is 6.54 Å². The molecule has 174 valence electrons. The Balaban J connectivity index is 1.68. The maximum atomic E-state index is 13.1. The number of ether oxygens (including phenoxy) is 2. The second kappa shape index (κ2) is 9.63. The summed E-state index contributed by atoms with van der Waals surface area (Å²) in [5.41, 5.74) is 1.52. The number of likely N-dealkylation sites (tertiary alicyclic amines) is 1. The number of aryl methyl sites for hydroxylation is 2. The third-order valence-electron chi connectivity index (χ3n) is 5.62. The van der Waals surface area contributed by atoms with Crippen molar-refractivity contribution in [2.45, 2.75) is 78.7 Å². The molecule has 1 aliphatic heterocycles. The summed E-state index contributed by atoms with van der Waals surface area (Å²) in [6.07, 6.45) is 1.22. The van der Waals surface area contributed by atoms with Crippen LogP contribution in [-0.4, -0.2) is 46.3 Å². The molecule has 2 aromatic rings. The van der Waals surface area contributed by atoms with E-state index in [1.54, 1.807) is 23.1 Å². The van der Waals surface area contributed by atoms with Crippen molar-refractivity contribution in [2.24, 2.45) is 0 Å². The van der Waals surface area contributed by atoms with Gasteiger partial charge in [-0.3, -0.25) is 4.79 Å². The van der Waals surface area contributed by atoms with E-state index in [0.717, 1.165) is 24.1 Å². The van der Waals surface area contributed by atoms with Gasteiger partial charge in [-0.25, -0.2) is 4.79 Å². The fourth-order valence-electron chi connectivity index (χ4n) is 3.80. The third-order valence-corrected chi connectivity index (χ3v) is 5.62. The van der Waals surface area contributed by atoms with Crippen molar-refractivity contribution >= 4 is 12.0 Å². The molecule has 2 heterocycles. The lowest BCUT2D eigenvalue weighted by atomic mass is 9.97. The fourth-order valence-corrected chi connectivity index (χ4v) is 3.80. The highest BCUT2D eigenvalue weighted by atomic mass is 16.6. The summed E-state index contributed by atoms with van der Waals surface area (Å²) >= 11 is 0. The van der Waals surface area contributed by atoms with Crippen LogP contribution in [0, 0.1) is 13.8 Å². The standard InChI is InChI=1S/C24H33N3O5/c1-15-19(17(3)32-26-15)14-30-21-12-8-7-10-18(21)22(28)25-20-11-9-13-27(16(20)2)23(29)31-24(4,5)6/h7-8,10,12,16,20H,9,11,13-14H2,1-6H3,(H,25,28). The second-order valence-electron chi connectivity index (χ2n) is 9.22. The number of nitrogens with one attached hydrogen (secondary N) is 1. The Kier molecular flexibility index (Phi) is 7.11. The lowest BCUT2D eigenvalue weighted by molar-refractivity contribution is 0.00698. The first-order chi connectivity index (χ1) is 15.1. The molecule has 8 heteroatoms. The van der Waals surface area contributed by atoms with Gasteiger partial charge in [0.1, 0.15) is 23.7 Å². The summed E-state index contributed by atoms with van der Waals surface area (Å²) in [5.74, 6) is 0.947. The Morgan fingerprint density at radius 3 is 2.62 bits per heavy atom. The molecular weight excluding hydrogens is 410 g/mol. The monoisotopic (exact) mass is 443 g/mol. The summed E-state index contributed by atoms with van der Waals surface area (Å²) in [7, 11) is 0. The Hall–Kier alpha value is -3.03. The van der Waals surface area contributed by atoms with Gasteiger partial charge >= 0.3 is 6.09 Å². The van der Waals surface area contributed by atoms with E-state index < -0.39 is 5.60 Å². The van der Waals surface area contributed by atoms with Crippen LogP contribution in [0.25, 0.3) is 0 Å². The molecule has 0 saturated carbocycles. The van der Waals surface area contributed by atoms with Gasteiger partial charge in [-0.2, -0.15) is 0 Å². The Bertz CT molecular complexity index is 943.